The molecule has 0 amide bonds. The van der Waals surface area contributed by atoms with Gasteiger partial charge in [-0.05, 0) is 20.8 Å². The van der Waals surface area contributed by atoms with Crippen LogP contribution in [-0.2, 0) is 39.3 Å². The molecule has 0 atom stereocenters. The largest absolute Gasteiger partial charge is 0.336 e. The van der Waals surface area contributed by atoms with E-state index in [0.717, 1.165) is 30.7 Å². The molecule has 0 bridgehead atoms. The van der Waals surface area contributed by atoms with Gasteiger partial charge in [0.2, 0.25) is 0 Å². The third-order valence-electron chi connectivity index (χ3n) is 9.47. The van der Waals surface area contributed by atoms with Gasteiger partial charge in [0.25, 0.3) is 0 Å². The number of likely N-dealkylation sites (N-methyl/N-ethyl adjacent to an activating group) is 2. The molecule has 9 nitrogen and oxygen atoms in total. The number of aromatic nitrogens is 3. The van der Waals surface area contributed by atoms with Gasteiger partial charge in [0.1, 0.15) is 19.6 Å². The van der Waals surface area contributed by atoms with Crippen LogP contribution in [0, 0.1) is 20.8 Å². The molecule has 0 radical (unpaired) electrons. The second-order valence-electron chi connectivity index (χ2n) is 16.1. The van der Waals surface area contributed by atoms with Gasteiger partial charge in [0.05, 0.1) is 75.0 Å². The van der Waals surface area contributed by atoms with Crippen molar-refractivity contribution in [1.29, 1.82) is 0 Å². The number of quaternary nitrogens is 3. The molecule has 0 saturated carbocycles. The Bertz CT molecular complexity index is 1810. The lowest BCUT2D eigenvalue weighted by Crippen LogP contribution is -2.57. The maximum absolute atomic E-state index is 14.0. The van der Waals surface area contributed by atoms with Crippen LogP contribution in [0.4, 0.5) is 0 Å². The Morgan fingerprint density at radius 1 is 0.449 bits per heavy atom. The average molecular weight is 672 g/mol. The number of rotatable bonds is 16. The maximum Gasteiger partial charge on any atom is 0.336 e. The molecule has 1 aromatic heterocycles. The molecule has 9 heteroatoms. The van der Waals surface area contributed by atoms with Gasteiger partial charge in [0, 0.05) is 29.7 Å². The average Bonchev–Trinajstić information content (AvgIpc) is 2.98. The second kappa shape index (κ2) is 15.7. The van der Waals surface area contributed by atoms with Gasteiger partial charge >= 0.3 is 17.1 Å². The van der Waals surface area contributed by atoms with Crippen molar-refractivity contribution in [3.63, 3.8) is 0 Å². The SMILES string of the molecule is Cc1cccc(C[N+](C)(C)CCCn2c(=O)n(CC[N+](C)(C)Cc3cccc(C)c3)c(=O)n(CC[N+](C)(C)Cc3cccc(C)c3)c2=O)c1. The Morgan fingerprint density at radius 2 is 0.755 bits per heavy atom. The second-order valence-corrected chi connectivity index (χ2v) is 16.1. The summed E-state index contributed by atoms with van der Waals surface area (Å²) in [6, 6.07) is 25.4. The fourth-order valence-corrected chi connectivity index (χ4v) is 6.81. The first kappa shape index (κ1) is 37.8. The van der Waals surface area contributed by atoms with Crippen LogP contribution < -0.4 is 17.1 Å². The highest BCUT2D eigenvalue weighted by atomic mass is 16.2. The molecule has 0 aliphatic carbocycles. The molecule has 3 aromatic carbocycles. The summed E-state index contributed by atoms with van der Waals surface area (Å²) in [6.45, 7) is 11.3. The molecule has 0 saturated heterocycles. The molecule has 0 unspecified atom stereocenters. The summed E-state index contributed by atoms with van der Waals surface area (Å²) in [7, 11) is 12.8. The van der Waals surface area contributed by atoms with E-state index >= 15 is 0 Å². The molecule has 4 aromatic rings. The predicted octanol–water partition coefficient (Wildman–Crippen LogP) is 4.32. The number of hydrogen-bond donors (Lipinski definition) is 0. The highest BCUT2D eigenvalue weighted by Gasteiger charge is 2.24. The smallest absolute Gasteiger partial charge is 0.325 e. The Hall–Kier alpha value is -4.05. The Morgan fingerprint density at radius 3 is 1.08 bits per heavy atom. The van der Waals surface area contributed by atoms with Crippen LogP contribution >= 0.6 is 0 Å². The summed E-state index contributed by atoms with van der Waals surface area (Å²) >= 11 is 0. The zero-order chi connectivity index (χ0) is 36.0. The van der Waals surface area contributed by atoms with Crippen molar-refractivity contribution in [2.24, 2.45) is 0 Å². The van der Waals surface area contributed by atoms with E-state index in [-0.39, 0.29) is 19.6 Å². The van der Waals surface area contributed by atoms with Gasteiger partial charge in [-0.3, -0.25) is 0 Å². The number of hydrogen-bond acceptors (Lipinski definition) is 3. The standard InChI is InChI=1S/C40H59N6O3/c1-32-14-10-17-35(26-32)29-44(4,5)23-13-20-41-38(47)42(21-24-45(6,7)30-36-18-11-15-33(2)27-36)40(49)43(39(41)48)22-25-46(8,9)31-37-19-12-16-34(3)28-37/h10-12,14-19,26-28H,13,20-25,29-31H2,1-9H3/q+3. The summed E-state index contributed by atoms with van der Waals surface area (Å²) in [5.41, 5.74) is 5.76. The summed E-state index contributed by atoms with van der Waals surface area (Å²) in [5, 5.41) is 0. The van der Waals surface area contributed by atoms with Crippen molar-refractivity contribution in [3.8, 4) is 0 Å². The Balaban J connectivity index is 1.59. The summed E-state index contributed by atoms with van der Waals surface area (Å²) in [5.74, 6) is 0. The number of nitrogens with zero attached hydrogens (tertiary/aromatic N) is 6. The van der Waals surface area contributed by atoms with Gasteiger partial charge in [-0.15, -0.1) is 0 Å². The minimum Gasteiger partial charge on any atom is -0.325 e. The van der Waals surface area contributed by atoms with Gasteiger partial charge in [-0.25, -0.2) is 28.1 Å². The predicted molar refractivity (Wildman–Crippen MR) is 199 cm³/mol. The monoisotopic (exact) mass is 671 g/mol. The Labute approximate surface area is 292 Å². The van der Waals surface area contributed by atoms with Crippen LogP contribution in [0.1, 0.15) is 39.8 Å². The molecular weight excluding hydrogens is 612 g/mol. The van der Waals surface area contributed by atoms with Crippen molar-refractivity contribution in [3.05, 3.63) is 138 Å². The van der Waals surface area contributed by atoms with E-state index in [2.05, 4.69) is 136 Å². The quantitative estimate of drug-likeness (QED) is 0.167. The van der Waals surface area contributed by atoms with Crippen molar-refractivity contribution in [2.45, 2.75) is 66.5 Å². The lowest BCUT2D eigenvalue weighted by molar-refractivity contribution is -0.904. The highest BCUT2D eigenvalue weighted by Crippen LogP contribution is 2.14. The fraction of sp³-hybridized carbons (Fsp3) is 0.475. The van der Waals surface area contributed by atoms with E-state index < -0.39 is 17.1 Å². The first-order valence-electron chi connectivity index (χ1n) is 17.5. The van der Waals surface area contributed by atoms with Crippen molar-refractivity contribution in [2.75, 3.05) is 61.9 Å². The van der Waals surface area contributed by atoms with E-state index in [0.29, 0.717) is 28.5 Å². The van der Waals surface area contributed by atoms with Crippen molar-refractivity contribution >= 4 is 0 Å². The molecule has 0 aliphatic rings. The zero-order valence-electron chi connectivity index (χ0n) is 31.4. The van der Waals surface area contributed by atoms with E-state index in [9.17, 15) is 14.4 Å². The topological polar surface area (TPSA) is 66.0 Å². The molecule has 0 spiro atoms. The van der Waals surface area contributed by atoms with E-state index in [1.54, 1.807) is 0 Å². The molecule has 49 heavy (non-hydrogen) atoms. The molecule has 264 valence electrons. The highest BCUT2D eigenvalue weighted by molar-refractivity contribution is 5.23. The number of benzene rings is 3. The summed E-state index contributed by atoms with van der Waals surface area (Å²) in [4.78, 5) is 41.8. The minimum absolute atomic E-state index is 0.229. The third-order valence-corrected chi connectivity index (χ3v) is 9.47. The van der Waals surface area contributed by atoms with Crippen LogP contribution in [0.5, 0.6) is 0 Å². The molecule has 4 rings (SSSR count). The van der Waals surface area contributed by atoms with E-state index in [1.807, 2.05) is 0 Å². The first-order valence-corrected chi connectivity index (χ1v) is 17.5. The Kier molecular flexibility index (Phi) is 12.1. The van der Waals surface area contributed by atoms with Gasteiger partial charge in [-0.2, -0.15) is 0 Å². The molecular formula is C40H59N6O3+3. The molecule has 1 heterocycles. The number of aryl methyl sites for hydroxylation is 3. The third kappa shape index (κ3) is 11.0. The van der Waals surface area contributed by atoms with Crippen LogP contribution in [-0.4, -0.2) is 89.1 Å². The van der Waals surface area contributed by atoms with E-state index in [4.69, 9.17) is 0 Å². The zero-order valence-corrected chi connectivity index (χ0v) is 31.4. The molecule has 0 aliphatic heterocycles. The lowest BCUT2D eigenvalue weighted by Gasteiger charge is -2.31. The van der Waals surface area contributed by atoms with Crippen LogP contribution in [0.15, 0.2) is 87.2 Å². The van der Waals surface area contributed by atoms with Gasteiger partial charge < -0.3 is 13.4 Å². The molecule has 0 N–H and O–H groups in total. The molecule has 0 fully saturated rings. The van der Waals surface area contributed by atoms with Crippen LogP contribution in [0.2, 0.25) is 0 Å². The van der Waals surface area contributed by atoms with Crippen LogP contribution in [0.25, 0.3) is 0 Å². The normalized spacial score (nSPS) is 12.4. The summed E-state index contributed by atoms with van der Waals surface area (Å²) in [6.07, 6.45) is 0.635. The summed E-state index contributed by atoms with van der Waals surface area (Å²) < 4.78 is 5.81. The first-order chi connectivity index (χ1) is 22.9. The minimum atomic E-state index is -0.520. The van der Waals surface area contributed by atoms with Gasteiger partial charge in [0.15, 0.2) is 0 Å². The maximum atomic E-state index is 14.0. The van der Waals surface area contributed by atoms with Crippen LogP contribution in [0.3, 0.4) is 0 Å². The van der Waals surface area contributed by atoms with Crippen molar-refractivity contribution in [1.82, 2.24) is 13.7 Å². The van der Waals surface area contributed by atoms with E-state index in [1.165, 1.54) is 47.1 Å². The fourth-order valence-electron chi connectivity index (χ4n) is 6.81. The van der Waals surface area contributed by atoms with Crippen molar-refractivity contribution < 1.29 is 13.4 Å². The van der Waals surface area contributed by atoms with Gasteiger partial charge in [-0.1, -0.05) is 89.5 Å². The lowest BCUT2D eigenvalue weighted by atomic mass is 10.1.